The minimum absolute atomic E-state index is 0.0552. The number of rotatable bonds is 5. The largest absolute Gasteiger partial charge is 0.383 e. The smallest absolute Gasteiger partial charge is 0.239 e. The van der Waals surface area contributed by atoms with Crippen LogP contribution in [0.5, 0.6) is 0 Å². The van der Waals surface area contributed by atoms with Crippen molar-refractivity contribution in [3.8, 4) is 0 Å². The fourth-order valence-corrected chi connectivity index (χ4v) is 2.25. The Bertz CT molecular complexity index is 471. The molecule has 0 saturated carbocycles. The third-order valence-corrected chi connectivity index (χ3v) is 3.42. The minimum atomic E-state index is -0.622. The van der Waals surface area contributed by atoms with Crippen molar-refractivity contribution < 1.29 is 9.53 Å². The summed E-state index contributed by atoms with van der Waals surface area (Å²) in [6, 6.07) is -0.567. The molecule has 20 heavy (non-hydrogen) atoms. The first-order valence-electron chi connectivity index (χ1n) is 6.99. The molecule has 1 aliphatic rings. The Morgan fingerprint density at radius 1 is 1.60 bits per heavy atom. The van der Waals surface area contributed by atoms with Gasteiger partial charge in [0, 0.05) is 25.5 Å². The van der Waals surface area contributed by atoms with E-state index in [1.54, 1.807) is 0 Å². The second-order valence-electron chi connectivity index (χ2n) is 5.53. The predicted octanol–water partition coefficient (Wildman–Crippen LogP) is -0.194. The van der Waals surface area contributed by atoms with E-state index in [4.69, 9.17) is 10.5 Å². The number of fused-ring (bicyclic) bond motifs is 1. The molecule has 0 aliphatic carbocycles. The summed E-state index contributed by atoms with van der Waals surface area (Å²) < 4.78 is 6.78. The molecule has 1 aromatic heterocycles. The van der Waals surface area contributed by atoms with Gasteiger partial charge in [0.2, 0.25) is 5.91 Å². The maximum Gasteiger partial charge on any atom is 0.239 e. The first-order chi connectivity index (χ1) is 9.51. The van der Waals surface area contributed by atoms with Crippen LogP contribution in [0, 0.1) is 0 Å². The summed E-state index contributed by atoms with van der Waals surface area (Å²) >= 11 is 0. The molecule has 2 atom stereocenters. The third-order valence-electron chi connectivity index (χ3n) is 3.42. The number of aromatic nitrogens is 3. The Labute approximate surface area is 118 Å². The van der Waals surface area contributed by atoms with Crippen LogP contribution in [0.3, 0.4) is 0 Å². The van der Waals surface area contributed by atoms with Gasteiger partial charge in [0.1, 0.15) is 11.9 Å². The summed E-state index contributed by atoms with van der Waals surface area (Å²) in [5.74, 6) is 2.00. The molecule has 1 amide bonds. The average molecular weight is 281 g/mol. The molecule has 0 bridgehead atoms. The highest BCUT2D eigenvalue weighted by Gasteiger charge is 2.25. The van der Waals surface area contributed by atoms with E-state index in [2.05, 4.69) is 29.2 Å². The van der Waals surface area contributed by atoms with E-state index in [0.717, 1.165) is 24.5 Å². The Balaban J connectivity index is 1.95. The van der Waals surface area contributed by atoms with Gasteiger partial charge in [-0.1, -0.05) is 13.8 Å². The molecule has 1 aliphatic heterocycles. The molecular weight excluding hydrogens is 258 g/mol. The molecule has 2 heterocycles. The van der Waals surface area contributed by atoms with E-state index >= 15 is 0 Å². The molecule has 7 heteroatoms. The van der Waals surface area contributed by atoms with Gasteiger partial charge < -0.3 is 15.8 Å². The molecule has 3 N–H and O–H groups in total. The highest BCUT2D eigenvalue weighted by atomic mass is 16.5. The van der Waals surface area contributed by atoms with Crippen molar-refractivity contribution in [1.82, 2.24) is 20.1 Å². The van der Waals surface area contributed by atoms with E-state index < -0.39 is 6.04 Å². The van der Waals surface area contributed by atoms with Gasteiger partial charge in [-0.25, -0.2) is 9.67 Å². The Morgan fingerprint density at radius 3 is 3.00 bits per heavy atom. The molecule has 0 fully saturated rings. The highest BCUT2D eigenvalue weighted by molar-refractivity contribution is 5.81. The van der Waals surface area contributed by atoms with Crippen LogP contribution in [0.4, 0.5) is 0 Å². The molecule has 112 valence electrons. The number of amides is 1. The quantitative estimate of drug-likeness (QED) is 0.780. The minimum Gasteiger partial charge on any atom is -0.383 e. The summed E-state index contributed by atoms with van der Waals surface area (Å²) in [5.41, 5.74) is 5.71. The van der Waals surface area contributed by atoms with Gasteiger partial charge >= 0.3 is 0 Å². The number of methoxy groups -OCH3 is 1. The van der Waals surface area contributed by atoms with Crippen molar-refractivity contribution in [2.45, 2.75) is 51.2 Å². The van der Waals surface area contributed by atoms with Gasteiger partial charge in [-0.05, 0) is 6.42 Å². The topological polar surface area (TPSA) is 95.1 Å². The van der Waals surface area contributed by atoms with Gasteiger partial charge in [0.05, 0.1) is 13.2 Å². The van der Waals surface area contributed by atoms with Crippen molar-refractivity contribution in [1.29, 1.82) is 0 Å². The Kier molecular flexibility index (Phi) is 4.72. The van der Waals surface area contributed by atoms with Crippen LogP contribution in [0.1, 0.15) is 37.8 Å². The first-order valence-corrected chi connectivity index (χ1v) is 6.99. The number of hydrogen-bond acceptors (Lipinski definition) is 5. The monoisotopic (exact) mass is 281 g/mol. The number of nitrogens with zero attached hydrogens (tertiary/aromatic N) is 3. The number of ether oxygens (including phenoxy) is 1. The van der Waals surface area contributed by atoms with Crippen LogP contribution >= 0.6 is 0 Å². The van der Waals surface area contributed by atoms with Crippen molar-refractivity contribution in [3.63, 3.8) is 0 Å². The molecule has 2 unspecified atom stereocenters. The summed E-state index contributed by atoms with van der Waals surface area (Å²) in [6.07, 6.45) is 1.69. The van der Waals surface area contributed by atoms with Gasteiger partial charge in [-0.2, -0.15) is 5.10 Å². The van der Waals surface area contributed by atoms with Crippen molar-refractivity contribution in [2.24, 2.45) is 5.73 Å². The van der Waals surface area contributed by atoms with Gasteiger partial charge in [0.25, 0.3) is 0 Å². The number of carbonyl (C=O) groups is 1. The molecular formula is C13H23N5O2. The summed E-state index contributed by atoms with van der Waals surface area (Å²) in [5, 5.41) is 7.44. The van der Waals surface area contributed by atoms with Crippen LogP contribution in [0.15, 0.2) is 0 Å². The number of hydrogen-bond donors (Lipinski definition) is 2. The van der Waals surface area contributed by atoms with Crippen LogP contribution in [-0.2, 0) is 22.5 Å². The normalized spacial score (nSPS) is 19.8. The lowest BCUT2D eigenvalue weighted by molar-refractivity contribution is -0.124. The van der Waals surface area contributed by atoms with Crippen molar-refractivity contribution >= 4 is 5.91 Å². The highest BCUT2D eigenvalue weighted by Crippen LogP contribution is 2.16. The summed E-state index contributed by atoms with van der Waals surface area (Å²) in [7, 11) is 1.53. The number of nitrogens with two attached hydrogens (primary N) is 1. The number of aryl methyl sites for hydroxylation is 1. The predicted molar refractivity (Wildman–Crippen MR) is 74.2 cm³/mol. The average Bonchev–Trinajstić information content (AvgIpc) is 2.82. The molecule has 2 rings (SSSR count). The maximum atomic E-state index is 11.9. The van der Waals surface area contributed by atoms with Crippen molar-refractivity contribution in [2.75, 3.05) is 13.7 Å². The molecule has 7 nitrogen and oxygen atoms in total. The second kappa shape index (κ2) is 6.32. The standard InChI is InChI=1S/C13H23N5O2/c1-8(2)12-16-11-5-4-9(6-18(11)17-12)15-13(19)10(14)7-20-3/h8-10H,4-7,14H2,1-3H3,(H,15,19). The Morgan fingerprint density at radius 2 is 2.35 bits per heavy atom. The van der Waals surface area contributed by atoms with Gasteiger partial charge in [0.15, 0.2) is 5.82 Å². The van der Waals surface area contributed by atoms with Crippen molar-refractivity contribution in [3.05, 3.63) is 11.6 Å². The third kappa shape index (κ3) is 3.34. The second-order valence-corrected chi connectivity index (χ2v) is 5.53. The molecule has 0 spiro atoms. The van der Waals surface area contributed by atoms with E-state index in [1.165, 1.54) is 7.11 Å². The molecule has 0 radical (unpaired) electrons. The number of nitrogens with one attached hydrogen (secondary N) is 1. The zero-order chi connectivity index (χ0) is 14.7. The zero-order valence-corrected chi connectivity index (χ0v) is 12.3. The van der Waals surface area contributed by atoms with Gasteiger partial charge in [-0.15, -0.1) is 0 Å². The molecule has 0 saturated heterocycles. The van der Waals surface area contributed by atoms with E-state index in [0.29, 0.717) is 12.5 Å². The van der Waals surface area contributed by atoms with E-state index in [-0.39, 0.29) is 18.6 Å². The summed E-state index contributed by atoms with van der Waals surface area (Å²) in [4.78, 5) is 16.4. The SMILES string of the molecule is COCC(N)C(=O)NC1CCc2nc(C(C)C)nn2C1. The zero-order valence-electron chi connectivity index (χ0n) is 12.3. The maximum absolute atomic E-state index is 11.9. The van der Waals surface area contributed by atoms with Crippen LogP contribution in [0.25, 0.3) is 0 Å². The lowest BCUT2D eigenvalue weighted by Crippen LogP contribution is -2.49. The molecule has 0 aromatic carbocycles. The fourth-order valence-electron chi connectivity index (χ4n) is 2.25. The Hall–Kier alpha value is -1.47. The first kappa shape index (κ1) is 14.9. The van der Waals surface area contributed by atoms with E-state index in [9.17, 15) is 4.79 Å². The lowest BCUT2D eigenvalue weighted by atomic mass is 10.1. The van der Waals surface area contributed by atoms with Crippen LogP contribution in [0.2, 0.25) is 0 Å². The lowest BCUT2D eigenvalue weighted by Gasteiger charge is -2.24. The number of carbonyl (C=O) groups excluding carboxylic acids is 1. The van der Waals surface area contributed by atoms with Crippen LogP contribution in [-0.4, -0.2) is 46.5 Å². The van der Waals surface area contributed by atoms with Gasteiger partial charge in [-0.3, -0.25) is 4.79 Å². The fraction of sp³-hybridized carbons (Fsp3) is 0.769. The molecule has 1 aromatic rings. The summed E-state index contributed by atoms with van der Waals surface area (Å²) in [6.45, 7) is 5.03. The van der Waals surface area contributed by atoms with E-state index in [1.807, 2.05) is 4.68 Å². The van der Waals surface area contributed by atoms with Crippen LogP contribution < -0.4 is 11.1 Å².